The number of sulfonamides is 1. The fourth-order valence-electron chi connectivity index (χ4n) is 3.15. The van der Waals surface area contributed by atoms with Crippen molar-refractivity contribution in [3.63, 3.8) is 0 Å². The van der Waals surface area contributed by atoms with E-state index in [-0.39, 0.29) is 23.2 Å². The van der Waals surface area contributed by atoms with Crippen LogP contribution < -0.4 is 4.72 Å². The SMILES string of the molecule is Cn1cccc1C(CNS(=O)(=O)c1ccc([N+](=O)[O-])cc1)N1CCOCC1. The van der Waals surface area contributed by atoms with Crippen LogP contribution in [0.1, 0.15) is 11.7 Å². The van der Waals surface area contributed by atoms with Crippen LogP contribution in [0.25, 0.3) is 0 Å². The number of morpholine rings is 1. The minimum Gasteiger partial charge on any atom is -0.379 e. The number of nitro groups is 1. The molecule has 1 unspecified atom stereocenters. The van der Waals surface area contributed by atoms with E-state index in [2.05, 4.69) is 9.62 Å². The first-order chi connectivity index (χ1) is 12.9. The summed E-state index contributed by atoms with van der Waals surface area (Å²) in [6.45, 7) is 2.84. The Morgan fingerprint density at radius 2 is 1.89 bits per heavy atom. The van der Waals surface area contributed by atoms with E-state index < -0.39 is 14.9 Å². The number of rotatable bonds is 7. The summed E-state index contributed by atoms with van der Waals surface area (Å²) in [7, 11) is -1.86. The van der Waals surface area contributed by atoms with E-state index in [4.69, 9.17) is 4.74 Å². The van der Waals surface area contributed by atoms with E-state index in [1.165, 1.54) is 24.3 Å². The molecule has 146 valence electrons. The summed E-state index contributed by atoms with van der Waals surface area (Å²) in [4.78, 5) is 12.4. The normalized spacial score (nSPS) is 16.9. The molecular formula is C17H22N4O5S. The summed E-state index contributed by atoms with van der Waals surface area (Å²) in [5.74, 6) is 0. The van der Waals surface area contributed by atoms with Gasteiger partial charge >= 0.3 is 0 Å². The Balaban J connectivity index is 1.77. The predicted octanol–water partition coefficient (Wildman–Crippen LogP) is 1.29. The van der Waals surface area contributed by atoms with Gasteiger partial charge in [0.1, 0.15) is 0 Å². The molecule has 2 heterocycles. The lowest BCUT2D eigenvalue weighted by molar-refractivity contribution is -0.384. The van der Waals surface area contributed by atoms with Crippen molar-refractivity contribution in [2.45, 2.75) is 10.9 Å². The molecule has 1 N–H and O–H groups in total. The molecule has 9 nitrogen and oxygen atoms in total. The molecule has 1 aliphatic heterocycles. The number of nitro benzene ring substituents is 1. The summed E-state index contributed by atoms with van der Waals surface area (Å²) in [5.41, 5.74) is 0.854. The average Bonchev–Trinajstić information content (AvgIpc) is 3.08. The van der Waals surface area contributed by atoms with Crippen LogP contribution in [-0.2, 0) is 21.8 Å². The smallest absolute Gasteiger partial charge is 0.269 e. The van der Waals surface area contributed by atoms with Gasteiger partial charge in [-0.25, -0.2) is 13.1 Å². The molecule has 0 bridgehead atoms. The topological polar surface area (TPSA) is 107 Å². The number of hydrogen-bond donors (Lipinski definition) is 1. The number of hydrogen-bond acceptors (Lipinski definition) is 6. The zero-order valence-corrected chi connectivity index (χ0v) is 15.8. The second kappa shape index (κ2) is 8.17. The third-order valence-corrected chi connectivity index (χ3v) is 6.08. The Bertz CT molecular complexity index is 888. The highest BCUT2D eigenvalue weighted by molar-refractivity contribution is 7.89. The van der Waals surface area contributed by atoms with Crippen molar-refractivity contribution in [3.05, 3.63) is 58.4 Å². The lowest BCUT2D eigenvalue weighted by Gasteiger charge is -2.34. The highest BCUT2D eigenvalue weighted by atomic mass is 32.2. The predicted molar refractivity (Wildman–Crippen MR) is 98.8 cm³/mol. The van der Waals surface area contributed by atoms with Gasteiger partial charge in [-0.1, -0.05) is 0 Å². The highest BCUT2D eigenvalue weighted by Gasteiger charge is 2.26. The van der Waals surface area contributed by atoms with Crippen molar-refractivity contribution >= 4 is 15.7 Å². The molecule has 1 atom stereocenters. The Morgan fingerprint density at radius 3 is 2.44 bits per heavy atom. The van der Waals surface area contributed by atoms with Crippen molar-refractivity contribution in [1.82, 2.24) is 14.2 Å². The number of non-ortho nitro benzene ring substituents is 1. The van der Waals surface area contributed by atoms with Gasteiger partial charge < -0.3 is 9.30 Å². The molecule has 1 aromatic carbocycles. The number of ether oxygens (including phenoxy) is 1. The van der Waals surface area contributed by atoms with Crippen molar-refractivity contribution in [3.8, 4) is 0 Å². The van der Waals surface area contributed by atoms with Crippen molar-refractivity contribution in [1.29, 1.82) is 0 Å². The monoisotopic (exact) mass is 394 g/mol. The maximum absolute atomic E-state index is 12.6. The average molecular weight is 394 g/mol. The number of nitrogens with zero attached hydrogens (tertiary/aromatic N) is 3. The van der Waals surface area contributed by atoms with Gasteiger partial charge in [0.2, 0.25) is 10.0 Å². The van der Waals surface area contributed by atoms with Crippen LogP contribution in [0.2, 0.25) is 0 Å². The van der Waals surface area contributed by atoms with Gasteiger partial charge in [-0.05, 0) is 24.3 Å². The van der Waals surface area contributed by atoms with Gasteiger partial charge in [0.25, 0.3) is 5.69 Å². The van der Waals surface area contributed by atoms with E-state index in [1.54, 1.807) is 0 Å². The second-order valence-electron chi connectivity index (χ2n) is 6.31. The van der Waals surface area contributed by atoms with Crippen molar-refractivity contribution in [2.75, 3.05) is 32.8 Å². The lowest BCUT2D eigenvalue weighted by Crippen LogP contribution is -2.44. The zero-order chi connectivity index (χ0) is 19.4. The van der Waals surface area contributed by atoms with Gasteiger partial charge in [0, 0.05) is 50.7 Å². The van der Waals surface area contributed by atoms with Crippen LogP contribution in [0, 0.1) is 10.1 Å². The summed E-state index contributed by atoms with van der Waals surface area (Å²) in [5, 5.41) is 10.7. The van der Waals surface area contributed by atoms with Crippen LogP contribution in [-0.4, -0.2) is 55.7 Å². The molecule has 0 saturated carbocycles. The zero-order valence-electron chi connectivity index (χ0n) is 14.9. The highest BCUT2D eigenvalue weighted by Crippen LogP contribution is 2.23. The molecule has 0 spiro atoms. The third-order valence-electron chi connectivity index (χ3n) is 4.64. The molecule has 0 radical (unpaired) electrons. The first-order valence-corrected chi connectivity index (χ1v) is 10.0. The Kier molecular flexibility index (Phi) is 5.90. The van der Waals surface area contributed by atoms with Crippen LogP contribution in [0.15, 0.2) is 47.5 Å². The van der Waals surface area contributed by atoms with Gasteiger partial charge in [-0.3, -0.25) is 15.0 Å². The Hall–Kier alpha value is -2.27. The van der Waals surface area contributed by atoms with E-state index in [0.717, 1.165) is 18.8 Å². The van der Waals surface area contributed by atoms with Crippen LogP contribution >= 0.6 is 0 Å². The molecule has 1 saturated heterocycles. The van der Waals surface area contributed by atoms with Crippen LogP contribution in [0.3, 0.4) is 0 Å². The molecule has 1 aromatic heterocycles. The van der Waals surface area contributed by atoms with Gasteiger partial charge in [0.05, 0.1) is 29.1 Å². The standard InChI is InChI=1S/C17H22N4O5S/c1-19-8-2-3-16(19)17(20-9-11-26-12-10-20)13-18-27(24,25)15-6-4-14(5-7-15)21(22)23/h2-8,17-18H,9-13H2,1H3. The van der Waals surface area contributed by atoms with E-state index in [1.807, 2.05) is 29.9 Å². The second-order valence-corrected chi connectivity index (χ2v) is 8.08. The van der Waals surface area contributed by atoms with E-state index >= 15 is 0 Å². The number of nitrogens with one attached hydrogen (secondary N) is 1. The maximum atomic E-state index is 12.6. The quantitative estimate of drug-likeness (QED) is 0.560. The number of aryl methyl sites for hydroxylation is 1. The molecule has 3 rings (SSSR count). The van der Waals surface area contributed by atoms with Crippen molar-refractivity contribution in [2.24, 2.45) is 7.05 Å². The van der Waals surface area contributed by atoms with Gasteiger partial charge in [0.15, 0.2) is 0 Å². The summed E-state index contributed by atoms with van der Waals surface area (Å²) in [6, 6.07) is 8.62. The van der Waals surface area contributed by atoms with E-state index in [9.17, 15) is 18.5 Å². The molecule has 2 aromatic rings. The summed E-state index contributed by atoms with van der Waals surface area (Å²) >= 11 is 0. The number of aromatic nitrogens is 1. The third kappa shape index (κ3) is 4.53. The molecule has 27 heavy (non-hydrogen) atoms. The molecular weight excluding hydrogens is 372 g/mol. The van der Waals surface area contributed by atoms with E-state index in [0.29, 0.717) is 13.2 Å². The molecule has 0 amide bonds. The fraction of sp³-hybridized carbons (Fsp3) is 0.412. The lowest BCUT2D eigenvalue weighted by atomic mass is 10.1. The van der Waals surface area contributed by atoms with Crippen LogP contribution in [0.5, 0.6) is 0 Å². The minimum absolute atomic E-state index is 0.000656. The Morgan fingerprint density at radius 1 is 1.22 bits per heavy atom. The first kappa shape index (κ1) is 19.5. The molecule has 1 aliphatic rings. The molecule has 1 fully saturated rings. The maximum Gasteiger partial charge on any atom is 0.269 e. The minimum atomic E-state index is -3.78. The molecule has 0 aliphatic carbocycles. The summed E-state index contributed by atoms with van der Waals surface area (Å²) in [6.07, 6.45) is 1.92. The molecule has 10 heteroatoms. The first-order valence-electron chi connectivity index (χ1n) is 8.55. The largest absolute Gasteiger partial charge is 0.379 e. The fourth-order valence-corrected chi connectivity index (χ4v) is 4.19. The van der Waals surface area contributed by atoms with Gasteiger partial charge in [-0.2, -0.15) is 0 Å². The summed E-state index contributed by atoms with van der Waals surface area (Å²) < 4.78 is 35.3. The number of benzene rings is 1. The Labute approximate surface area is 157 Å². The van der Waals surface area contributed by atoms with Crippen LogP contribution in [0.4, 0.5) is 5.69 Å². The van der Waals surface area contributed by atoms with Crippen molar-refractivity contribution < 1.29 is 18.1 Å². The van der Waals surface area contributed by atoms with Gasteiger partial charge in [-0.15, -0.1) is 0 Å².